The highest BCUT2D eigenvalue weighted by Gasteiger charge is 2.27. The van der Waals surface area contributed by atoms with Crippen LogP contribution in [0.4, 0.5) is 4.79 Å². The van der Waals surface area contributed by atoms with Crippen molar-refractivity contribution in [2.24, 2.45) is 5.92 Å². The highest BCUT2D eigenvalue weighted by Crippen LogP contribution is 2.30. The molecule has 108 valence electrons. The zero-order valence-electron chi connectivity index (χ0n) is 11.3. The van der Waals surface area contributed by atoms with Gasteiger partial charge in [-0.05, 0) is 24.3 Å². The van der Waals surface area contributed by atoms with Crippen molar-refractivity contribution >= 4 is 12.1 Å². The first-order chi connectivity index (χ1) is 9.65. The zero-order valence-corrected chi connectivity index (χ0v) is 11.3. The lowest BCUT2D eigenvalue weighted by Gasteiger charge is -2.21. The van der Waals surface area contributed by atoms with Crippen molar-refractivity contribution in [1.29, 1.82) is 0 Å². The van der Waals surface area contributed by atoms with Gasteiger partial charge in [-0.25, -0.2) is 4.79 Å². The molecule has 20 heavy (non-hydrogen) atoms. The van der Waals surface area contributed by atoms with Crippen LogP contribution in [0.5, 0.6) is 0 Å². The SMILES string of the molecule is O=C(O)CCN(CC1CC1)C(=O)OCc1ccccc1. The van der Waals surface area contributed by atoms with Crippen molar-refractivity contribution in [3.05, 3.63) is 35.9 Å². The molecule has 1 amide bonds. The quantitative estimate of drug-likeness (QED) is 0.831. The van der Waals surface area contributed by atoms with Gasteiger partial charge in [-0.15, -0.1) is 0 Å². The van der Waals surface area contributed by atoms with Gasteiger partial charge in [0.1, 0.15) is 6.61 Å². The first-order valence-corrected chi connectivity index (χ1v) is 6.82. The van der Waals surface area contributed by atoms with Crippen molar-refractivity contribution < 1.29 is 19.4 Å². The highest BCUT2D eigenvalue weighted by atomic mass is 16.6. The Hall–Kier alpha value is -2.04. The van der Waals surface area contributed by atoms with E-state index in [9.17, 15) is 9.59 Å². The van der Waals surface area contributed by atoms with Gasteiger partial charge in [0.2, 0.25) is 0 Å². The maximum Gasteiger partial charge on any atom is 0.410 e. The van der Waals surface area contributed by atoms with Gasteiger partial charge in [-0.1, -0.05) is 30.3 Å². The molecule has 5 nitrogen and oxygen atoms in total. The number of carbonyl (C=O) groups excluding carboxylic acids is 1. The van der Waals surface area contributed by atoms with E-state index in [0.29, 0.717) is 12.5 Å². The van der Waals surface area contributed by atoms with E-state index in [1.165, 1.54) is 4.90 Å². The van der Waals surface area contributed by atoms with E-state index in [1.807, 2.05) is 30.3 Å². The van der Waals surface area contributed by atoms with Gasteiger partial charge in [0.25, 0.3) is 0 Å². The summed E-state index contributed by atoms with van der Waals surface area (Å²) < 4.78 is 5.25. The average molecular weight is 277 g/mol. The van der Waals surface area contributed by atoms with Crippen LogP contribution in [0.25, 0.3) is 0 Å². The van der Waals surface area contributed by atoms with Crippen molar-refractivity contribution in [1.82, 2.24) is 4.90 Å². The Morgan fingerprint density at radius 2 is 1.95 bits per heavy atom. The van der Waals surface area contributed by atoms with E-state index in [-0.39, 0.29) is 19.6 Å². The maximum atomic E-state index is 12.0. The fraction of sp³-hybridized carbons (Fsp3) is 0.467. The number of amides is 1. The third-order valence-corrected chi connectivity index (χ3v) is 3.23. The fourth-order valence-corrected chi connectivity index (χ4v) is 1.91. The van der Waals surface area contributed by atoms with Gasteiger partial charge in [0.15, 0.2) is 0 Å². The third kappa shape index (κ3) is 4.91. The molecule has 1 fully saturated rings. The molecule has 5 heteroatoms. The molecule has 0 aliphatic heterocycles. The number of carboxylic acid groups (broad SMARTS) is 1. The molecule has 1 N–H and O–H groups in total. The standard InChI is InChI=1S/C15H19NO4/c17-14(18)8-9-16(10-12-6-7-12)15(19)20-11-13-4-2-1-3-5-13/h1-5,12H,6-11H2,(H,17,18). The molecule has 1 saturated carbocycles. The van der Waals surface area contributed by atoms with Crippen LogP contribution in [-0.2, 0) is 16.1 Å². The Bertz CT molecular complexity index is 456. The van der Waals surface area contributed by atoms with Crippen molar-refractivity contribution in [3.63, 3.8) is 0 Å². The van der Waals surface area contributed by atoms with Crippen LogP contribution in [0.2, 0.25) is 0 Å². The Kier molecular flexibility index (Phi) is 4.98. The number of benzene rings is 1. The van der Waals surface area contributed by atoms with Crippen LogP contribution < -0.4 is 0 Å². The smallest absolute Gasteiger partial charge is 0.410 e. The van der Waals surface area contributed by atoms with Gasteiger partial charge < -0.3 is 14.7 Å². The second-order valence-electron chi connectivity index (χ2n) is 5.07. The number of hydrogen-bond donors (Lipinski definition) is 1. The van der Waals surface area contributed by atoms with E-state index in [2.05, 4.69) is 0 Å². The number of aliphatic carboxylic acids is 1. The predicted octanol–water partition coefficient (Wildman–Crippen LogP) is 2.51. The summed E-state index contributed by atoms with van der Waals surface area (Å²) >= 11 is 0. The van der Waals surface area contributed by atoms with Crippen LogP contribution in [0, 0.1) is 5.92 Å². The fourth-order valence-electron chi connectivity index (χ4n) is 1.91. The van der Waals surface area contributed by atoms with Crippen molar-refractivity contribution in [2.45, 2.75) is 25.9 Å². The molecule has 0 saturated heterocycles. The van der Waals surface area contributed by atoms with Gasteiger partial charge in [0.05, 0.1) is 6.42 Å². The molecule has 1 aliphatic rings. The Morgan fingerprint density at radius 1 is 1.25 bits per heavy atom. The molecule has 0 heterocycles. The summed E-state index contributed by atoms with van der Waals surface area (Å²) in [5, 5.41) is 8.72. The third-order valence-electron chi connectivity index (χ3n) is 3.23. The summed E-state index contributed by atoms with van der Waals surface area (Å²) in [6, 6.07) is 9.44. The van der Waals surface area contributed by atoms with Crippen LogP contribution in [0.1, 0.15) is 24.8 Å². The Morgan fingerprint density at radius 3 is 2.55 bits per heavy atom. The molecule has 0 unspecified atom stereocenters. The summed E-state index contributed by atoms with van der Waals surface area (Å²) in [7, 11) is 0. The number of rotatable bonds is 7. The number of ether oxygens (including phenoxy) is 1. The number of nitrogens with zero attached hydrogens (tertiary/aromatic N) is 1. The maximum absolute atomic E-state index is 12.0. The molecular weight excluding hydrogens is 258 g/mol. The first kappa shape index (κ1) is 14.4. The molecule has 1 aromatic carbocycles. The van der Waals surface area contributed by atoms with Crippen LogP contribution in [0.3, 0.4) is 0 Å². The molecule has 0 atom stereocenters. The zero-order chi connectivity index (χ0) is 14.4. The average Bonchev–Trinajstić information content (AvgIpc) is 3.25. The van der Waals surface area contributed by atoms with E-state index >= 15 is 0 Å². The first-order valence-electron chi connectivity index (χ1n) is 6.82. The summed E-state index contributed by atoms with van der Waals surface area (Å²) in [5.74, 6) is -0.394. The monoisotopic (exact) mass is 277 g/mol. The van der Waals surface area contributed by atoms with Crippen LogP contribution in [-0.4, -0.2) is 35.2 Å². The summed E-state index contributed by atoms with van der Waals surface area (Å²) in [4.78, 5) is 24.1. The molecule has 0 aromatic heterocycles. The Balaban J connectivity index is 1.83. The minimum atomic E-state index is -0.901. The van der Waals surface area contributed by atoms with Crippen LogP contribution >= 0.6 is 0 Å². The lowest BCUT2D eigenvalue weighted by molar-refractivity contribution is -0.137. The molecule has 1 aliphatic carbocycles. The van der Waals surface area contributed by atoms with Crippen LogP contribution in [0.15, 0.2) is 30.3 Å². The van der Waals surface area contributed by atoms with Crippen molar-refractivity contribution in [2.75, 3.05) is 13.1 Å². The van der Waals surface area contributed by atoms with E-state index in [4.69, 9.17) is 9.84 Å². The van der Waals surface area contributed by atoms with E-state index < -0.39 is 12.1 Å². The molecule has 0 spiro atoms. The highest BCUT2D eigenvalue weighted by molar-refractivity contribution is 5.70. The number of hydrogen-bond acceptors (Lipinski definition) is 3. The van der Waals surface area contributed by atoms with E-state index in [0.717, 1.165) is 18.4 Å². The van der Waals surface area contributed by atoms with Gasteiger partial charge in [0, 0.05) is 13.1 Å². The number of carbonyl (C=O) groups is 2. The summed E-state index contributed by atoms with van der Waals surface area (Å²) in [6.07, 6.45) is 1.74. The van der Waals surface area contributed by atoms with Crippen molar-refractivity contribution in [3.8, 4) is 0 Å². The molecular formula is C15H19NO4. The summed E-state index contributed by atoms with van der Waals surface area (Å²) in [5.41, 5.74) is 0.922. The van der Waals surface area contributed by atoms with Gasteiger partial charge >= 0.3 is 12.1 Å². The van der Waals surface area contributed by atoms with Gasteiger partial charge in [-0.3, -0.25) is 4.79 Å². The largest absolute Gasteiger partial charge is 0.481 e. The van der Waals surface area contributed by atoms with E-state index in [1.54, 1.807) is 0 Å². The molecule has 0 bridgehead atoms. The topological polar surface area (TPSA) is 66.8 Å². The lowest BCUT2D eigenvalue weighted by atomic mass is 10.2. The number of carboxylic acids is 1. The molecule has 1 aromatic rings. The second kappa shape index (κ2) is 6.93. The minimum absolute atomic E-state index is 0.0485. The lowest BCUT2D eigenvalue weighted by Crippen LogP contribution is -2.35. The Labute approximate surface area is 118 Å². The molecule has 2 rings (SSSR count). The van der Waals surface area contributed by atoms with Gasteiger partial charge in [-0.2, -0.15) is 0 Å². The predicted molar refractivity (Wildman–Crippen MR) is 73.2 cm³/mol. The molecule has 0 radical (unpaired) electrons. The normalized spacial score (nSPS) is 13.8. The minimum Gasteiger partial charge on any atom is -0.481 e. The summed E-state index contributed by atoms with van der Waals surface area (Å²) in [6.45, 7) is 1.02. The second-order valence-corrected chi connectivity index (χ2v) is 5.07.